The minimum atomic E-state index is -0.441. The van der Waals surface area contributed by atoms with Gasteiger partial charge in [-0.2, -0.15) is 0 Å². The highest BCUT2D eigenvalue weighted by atomic mass is 16.1. The third-order valence-electron chi connectivity index (χ3n) is 2.82. The van der Waals surface area contributed by atoms with Crippen molar-refractivity contribution in [3.8, 4) is 0 Å². The Morgan fingerprint density at radius 1 is 1.42 bits per heavy atom. The summed E-state index contributed by atoms with van der Waals surface area (Å²) in [4.78, 5) is 11.7. The second kappa shape index (κ2) is 2.70. The Morgan fingerprint density at radius 3 is 2.67 bits per heavy atom. The fourth-order valence-corrected chi connectivity index (χ4v) is 1.73. The molecule has 0 aromatic rings. The summed E-state index contributed by atoms with van der Waals surface area (Å²) in [5, 5.41) is 0. The molecule has 2 N–H and O–H groups in total. The lowest BCUT2D eigenvalue weighted by Gasteiger charge is -2.14. The third kappa shape index (κ3) is 1.31. The minimum absolute atomic E-state index is 0.224. The Labute approximate surface area is 72.8 Å². The van der Waals surface area contributed by atoms with Crippen molar-refractivity contribution >= 4 is 5.78 Å². The van der Waals surface area contributed by atoms with Crippen LogP contribution in [0.25, 0.3) is 0 Å². The SMILES string of the molecule is NC1(C(=O)C2=CCCCC2)CC1. The fraction of sp³-hybridized carbons (Fsp3) is 0.700. The largest absolute Gasteiger partial charge is 0.319 e. The summed E-state index contributed by atoms with van der Waals surface area (Å²) in [6, 6.07) is 0. The minimum Gasteiger partial charge on any atom is -0.319 e. The molecule has 0 saturated heterocycles. The monoisotopic (exact) mass is 165 g/mol. The van der Waals surface area contributed by atoms with Gasteiger partial charge in [-0.05, 0) is 44.1 Å². The molecule has 1 fully saturated rings. The number of hydrogen-bond donors (Lipinski definition) is 1. The molecular weight excluding hydrogens is 150 g/mol. The van der Waals surface area contributed by atoms with Gasteiger partial charge in [-0.1, -0.05) is 6.08 Å². The van der Waals surface area contributed by atoms with Crippen molar-refractivity contribution < 1.29 is 4.79 Å². The molecule has 1 saturated carbocycles. The van der Waals surface area contributed by atoms with Gasteiger partial charge < -0.3 is 5.73 Å². The zero-order valence-electron chi connectivity index (χ0n) is 7.31. The van der Waals surface area contributed by atoms with Crippen molar-refractivity contribution in [3.05, 3.63) is 11.6 Å². The predicted octanol–water partition coefficient (Wildman–Crippen LogP) is 1.55. The summed E-state index contributed by atoms with van der Waals surface area (Å²) in [5.74, 6) is 0.224. The molecule has 2 heteroatoms. The van der Waals surface area contributed by atoms with E-state index in [9.17, 15) is 4.79 Å². The summed E-state index contributed by atoms with van der Waals surface area (Å²) in [5.41, 5.74) is 6.39. The summed E-state index contributed by atoms with van der Waals surface area (Å²) in [7, 11) is 0. The number of rotatable bonds is 2. The molecule has 0 amide bonds. The number of nitrogens with two attached hydrogens (primary N) is 1. The topological polar surface area (TPSA) is 43.1 Å². The van der Waals surface area contributed by atoms with E-state index in [-0.39, 0.29) is 5.78 Å². The zero-order chi connectivity index (χ0) is 8.60. The molecule has 0 heterocycles. The van der Waals surface area contributed by atoms with E-state index in [1.807, 2.05) is 0 Å². The van der Waals surface area contributed by atoms with Crippen LogP contribution in [0, 0.1) is 0 Å². The van der Waals surface area contributed by atoms with Crippen molar-refractivity contribution in [2.75, 3.05) is 0 Å². The molecule has 12 heavy (non-hydrogen) atoms. The highest BCUT2D eigenvalue weighted by molar-refractivity contribution is 6.04. The van der Waals surface area contributed by atoms with Gasteiger partial charge in [-0.15, -0.1) is 0 Å². The molecule has 0 aromatic heterocycles. The van der Waals surface area contributed by atoms with Crippen LogP contribution < -0.4 is 5.73 Å². The number of ketones is 1. The van der Waals surface area contributed by atoms with E-state index in [0.29, 0.717) is 0 Å². The number of allylic oxidation sites excluding steroid dienone is 1. The van der Waals surface area contributed by atoms with Crippen molar-refractivity contribution in [2.24, 2.45) is 5.73 Å². The molecule has 0 unspecified atom stereocenters. The summed E-state index contributed by atoms with van der Waals surface area (Å²) < 4.78 is 0. The first-order valence-electron chi connectivity index (χ1n) is 4.75. The van der Waals surface area contributed by atoms with Gasteiger partial charge in [0.2, 0.25) is 0 Å². The summed E-state index contributed by atoms with van der Waals surface area (Å²) >= 11 is 0. The first-order chi connectivity index (χ1) is 5.72. The van der Waals surface area contributed by atoms with Gasteiger partial charge in [0.1, 0.15) is 0 Å². The Hall–Kier alpha value is -0.630. The van der Waals surface area contributed by atoms with Gasteiger partial charge in [0.15, 0.2) is 5.78 Å². The van der Waals surface area contributed by atoms with Crippen LogP contribution in [0.5, 0.6) is 0 Å². The van der Waals surface area contributed by atoms with E-state index in [4.69, 9.17) is 5.73 Å². The Morgan fingerprint density at radius 2 is 2.17 bits per heavy atom. The van der Waals surface area contributed by atoms with E-state index in [2.05, 4.69) is 6.08 Å². The van der Waals surface area contributed by atoms with Crippen LogP contribution in [0.3, 0.4) is 0 Å². The van der Waals surface area contributed by atoms with Crippen LogP contribution in [-0.4, -0.2) is 11.3 Å². The lowest BCUT2D eigenvalue weighted by Crippen LogP contribution is -2.34. The van der Waals surface area contributed by atoms with Gasteiger partial charge in [0.05, 0.1) is 5.54 Å². The van der Waals surface area contributed by atoms with Crippen LogP contribution in [0.1, 0.15) is 38.5 Å². The Kier molecular flexibility index (Phi) is 1.80. The molecule has 0 bridgehead atoms. The summed E-state index contributed by atoms with van der Waals surface area (Å²) in [6.07, 6.45) is 8.28. The van der Waals surface area contributed by atoms with Crippen LogP contribution in [0.4, 0.5) is 0 Å². The maximum atomic E-state index is 11.7. The molecule has 0 radical (unpaired) electrons. The molecule has 0 aliphatic heterocycles. The average molecular weight is 165 g/mol. The highest BCUT2D eigenvalue weighted by Gasteiger charge is 2.46. The van der Waals surface area contributed by atoms with Gasteiger partial charge >= 0.3 is 0 Å². The number of Topliss-reactive ketones (excluding diaryl/α,β-unsaturated/α-hetero) is 1. The van der Waals surface area contributed by atoms with Crippen molar-refractivity contribution in [3.63, 3.8) is 0 Å². The molecular formula is C10H15NO. The van der Waals surface area contributed by atoms with Crippen LogP contribution in [-0.2, 0) is 4.79 Å². The normalized spacial score (nSPS) is 26.2. The smallest absolute Gasteiger partial charge is 0.178 e. The molecule has 2 aliphatic rings. The van der Waals surface area contributed by atoms with E-state index >= 15 is 0 Å². The fourth-order valence-electron chi connectivity index (χ4n) is 1.73. The zero-order valence-corrected chi connectivity index (χ0v) is 7.31. The molecule has 2 nitrogen and oxygen atoms in total. The van der Waals surface area contributed by atoms with Crippen LogP contribution in [0.2, 0.25) is 0 Å². The lowest BCUT2D eigenvalue weighted by atomic mass is 9.92. The van der Waals surface area contributed by atoms with Gasteiger partial charge in [0, 0.05) is 0 Å². The van der Waals surface area contributed by atoms with Gasteiger partial charge in [-0.25, -0.2) is 0 Å². The molecule has 2 rings (SSSR count). The Balaban J connectivity index is 2.08. The molecule has 0 aromatic carbocycles. The van der Waals surface area contributed by atoms with Crippen molar-refractivity contribution in [1.82, 2.24) is 0 Å². The molecule has 0 atom stereocenters. The van der Waals surface area contributed by atoms with E-state index in [1.165, 1.54) is 6.42 Å². The second-order valence-electron chi connectivity index (χ2n) is 3.96. The van der Waals surface area contributed by atoms with Gasteiger partial charge in [0.25, 0.3) is 0 Å². The van der Waals surface area contributed by atoms with E-state index in [0.717, 1.165) is 37.7 Å². The van der Waals surface area contributed by atoms with E-state index < -0.39 is 5.54 Å². The number of carbonyl (C=O) groups excluding carboxylic acids is 1. The number of carbonyl (C=O) groups is 1. The first kappa shape index (κ1) is 7.99. The maximum Gasteiger partial charge on any atom is 0.178 e. The Bertz CT molecular complexity index is 238. The second-order valence-corrected chi connectivity index (χ2v) is 3.96. The highest BCUT2D eigenvalue weighted by Crippen LogP contribution is 2.37. The number of hydrogen-bond acceptors (Lipinski definition) is 2. The first-order valence-corrected chi connectivity index (χ1v) is 4.75. The molecule has 66 valence electrons. The van der Waals surface area contributed by atoms with Crippen LogP contribution >= 0.6 is 0 Å². The quantitative estimate of drug-likeness (QED) is 0.674. The van der Waals surface area contributed by atoms with E-state index in [1.54, 1.807) is 0 Å². The maximum absolute atomic E-state index is 11.7. The lowest BCUT2D eigenvalue weighted by molar-refractivity contribution is -0.117. The molecule has 0 spiro atoms. The third-order valence-corrected chi connectivity index (χ3v) is 2.82. The predicted molar refractivity (Wildman–Crippen MR) is 47.7 cm³/mol. The standard InChI is InChI=1S/C10H15NO/c11-10(6-7-10)9(12)8-4-2-1-3-5-8/h4H,1-3,5-7,11H2. The summed E-state index contributed by atoms with van der Waals surface area (Å²) in [6.45, 7) is 0. The van der Waals surface area contributed by atoms with Gasteiger partial charge in [-0.3, -0.25) is 4.79 Å². The van der Waals surface area contributed by atoms with Crippen LogP contribution in [0.15, 0.2) is 11.6 Å². The van der Waals surface area contributed by atoms with Crippen molar-refractivity contribution in [1.29, 1.82) is 0 Å². The average Bonchev–Trinajstić information content (AvgIpc) is 2.85. The molecule has 2 aliphatic carbocycles. The van der Waals surface area contributed by atoms with Crippen molar-refractivity contribution in [2.45, 2.75) is 44.1 Å².